The third-order valence-electron chi connectivity index (χ3n) is 3.30. The Morgan fingerprint density at radius 3 is 2.56 bits per heavy atom. The first-order valence-corrected chi connectivity index (χ1v) is 8.16. The van der Waals surface area contributed by atoms with E-state index in [1.54, 1.807) is 0 Å². The molecule has 1 aromatic rings. The van der Waals surface area contributed by atoms with Gasteiger partial charge in [0, 0.05) is 23.1 Å². The van der Waals surface area contributed by atoms with Crippen LogP contribution in [0, 0.1) is 13.8 Å². The van der Waals surface area contributed by atoms with Crippen LogP contribution in [-0.4, -0.2) is 27.8 Å². The summed E-state index contributed by atoms with van der Waals surface area (Å²) in [6.45, 7) is 13.0. The maximum Gasteiger partial charge on any atom is 0.0644 e. The first-order valence-electron chi connectivity index (χ1n) is 7.00. The fourth-order valence-electron chi connectivity index (χ4n) is 2.43. The van der Waals surface area contributed by atoms with E-state index in [1.807, 2.05) is 11.8 Å². The largest absolute Gasteiger partial charge is 0.310 e. The van der Waals surface area contributed by atoms with Gasteiger partial charge in [-0.15, -0.1) is 0 Å². The van der Waals surface area contributed by atoms with Crippen molar-refractivity contribution in [2.45, 2.75) is 53.6 Å². The quantitative estimate of drug-likeness (QED) is 0.734. The highest BCUT2D eigenvalue weighted by molar-refractivity contribution is 7.99. The number of thioether (sulfide) groups is 1. The predicted octanol–water partition coefficient (Wildman–Crippen LogP) is 3.31. The molecule has 1 N–H and O–H groups in total. The fourth-order valence-corrected chi connectivity index (χ4v) is 3.02. The Morgan fingerprint density at radius 1 is 1.28 bits per heavy atom. The molecular formula is C14H27N3S. The number of nitrogens with one attached hydrogen (secondary N) is 1. The van der Waals surface area contributed by atoms with Gasteiger partial charge in [0.05, 0.1) is 12.2 Å². The molecule has 3 nitrogen and oxygen atoms in total. The third-order valence-corrected chi connectivity index (χ3v) is 4.18. The lowest BCUT2D eigenvalue weighted by Gasteiger charge is -2.16. The maximum atomic E-state index is 4.70. The van der Waals surface area contributed by atoms with E-state index in [1.165, 1.54) is 22.7 Å². The summed E-state index contributed by atoms with van der Waals surface area (Å²) < 4.78 is 2.17. The Kier molecular flexibility index (Phi) is 6.79. The van der Waals surface area contributed by atoms with E-state index >= 15 is 0 Å². The van der Waals surface area contributed by atoms with Crippen molar-refractivity contribution in [3.8, 4) is 0 Å². The van der Waals surface area contributed by atoms with E-state index in [0.717, 1.165) is 25.3 Å². The number of aromatic nitrogens is 2. The second kappa shape index (κ2) is 7.85. The number of hydrogen-bond acceptors (Lipinski definition) is 3. The van der Waals surface area contributed by atoms with Crippen molar-refractivity contribution in [2.24, 2.45) is 0 Å². The Balaban J connectivity index is 2.85. The molecule has 0 saturated carbocycles. The molecule has 0 fully saturated rings. The molecule has 1 atom stereocenters. The van der Waals surface area contributed by atoms with Crippen molar-refractivity contribution in [3.63, 3.8) is 0 Å². The second-order valence-electron chi connectivity index (χ2n) is 4.52. The van der Waals surface area contributed by atoms with Gasteiger partial charge in [0.25, 0.3) is 0 Å². The van der Waals surface area contributed by atoms with E-state index in [9.17, 15) is 0 Å². The first kappa shape index (κ1) is 15.6. The highest BCUT2D eigenvalue weighted by Crippen LogP contribution is 2.24. The lowest BCUT2D eigenvalue weighted by atomic mass is 10.0. The average Bonchev–Trinajstić information content (AvgIpc) is 2.63. The van der Waals surface area contributed by atoms with Crippen LogP contribution in [0.4, 0.5) is 0 Å². The van der Waals surface area contributed by atoms with Crippen LogP contribution < -0.4 is 5.32 Å². The molecule has 4 heteroatoms. The summed E-state index contributed by atoms with van der Waals surface area (Å²) in [4.78, 5) is 0. The lowest BCUT2D eigenvalue weighted by molar-refractivity contribution is 0.531. The zero-order chi connectivity index (χ0) is 13.5. The van der Waals surface area contributed by atoms with Crippen LogP contribution in [0.15, 0.2) is 0 Å². The molecule has 0 aromatic carbocycles. The highest BCUT2D eigenvalue weighted by atomic mass is 32.2. The predicted molar refractivity (Wildman–Crippen MR) is 81.4 cm³/mol. The number of aryl methyl sites for hydroxylation is 2. The van der Waals surface area contributed by atoms with Crippen LogP contribution in [-0.2, 0) is 6.54 Å². The molecule has 0 aliphatic heterocycles. The Morgan fingerprint density at radius 2 is 2.00 bits per heavy atom. The summed E-state index contributed by atoms with van der Waals surface area (Å²) in [5.41, 5.74) is 3.92. The molecule has 104 valence electrons. The summed E-state index contributed by atoms with van der Waals surface area (Å²) in [6, 6.07) is 0.447. The van der Waals surface area contributed by atoms with Gasteiger partial charge >= 0.3 is 0 Å². The second-order valence-corrected chi connectivity index (χ2v) is 5.92. The monoisotopic (exact) mass is 269 g/mol. The number of nitrogens with zero attached hydrogens (tertiary/aromatic N) is 2. The van der Waals surface area contributed by atoms with Gasteiger partial charge in [0.15, 0.2) is 0 Å². The Bertz CT molecular complexity index is 360. The van der Waals surface area contributed by atoms with Gasteiger partial charge in [-0.3, -0.25) is 4.68 Å². The average molecular weight is 269 g/mol. The molecule has 0 spiro atoms. The summed E-state index contributed by atoms with van der Waals surface area (Å²) in [5, 5.41) is 8.25. The molecule has 0 saturated heterocycles. The normalized spacial score (nSPS) is 12.9. The minimum atomic E-state index is 0.447. The first-order chi connectivity index (χ1) is 8.65. The SMILES string of the molecule is CCNC(CC)c1c(C)nn(CCSCC)c1C. The topological polar surface area (TPSA) is 29.9 Å². The number of hydrogen-bond donors (Lipinski definition) is 1. The number of rotatable bonds is 8. The van der Waals surface area contributed by atoms with Gasteiger partial charge in [-0.25, -0.2) is 0 Å². The van der Waals surface area contributed by atoms with E-state index in [0.29, 0.717) is 6.04 Å². The van der Waals surface area contributed by atoms with Crippen molar-refractivity contribution >= 4 is 11.8 Å². The van der Waals surface area contributed by atoms with Crippen molar-refractivity contribution in [2.75, 3.05) is 18.1 Å². The smallest absolute Gasteiger partial charge is 0.0644 e. The summed E-state index contributed by atoms with van der Waals surface area (Å²) in [5.74, 6) is 2.33. The van der Waals surface area contributed by atoms with Crippen LogP contribution in [0.25, 0.3) is 0 Å². The van der Waals surface area contributed by atoms with Gasteiger partial charge in [0.1, 0.15) is 0 Å². The van der Waals surface area contributed by atoms with Crippen molar-refractivity contribution < 1.29 is 0 Å². The van der Waals surface area contributed by atoms with Crippen molar-refractivity contribution in [3.05, 3.63) is 17.0 Å². The van der Waals surface area contributed by atoms with Crippen LogP contribution in [0.5, 0.6) is 0 Å². The highest BCUT2D eigenvalue weighted by Gasteiger charge is 2.18. The molecular weight excluding hydrogens is 242 g/mol. The van der Waals surface area contributed by atoms with E-state index < -0.39 is 0 Å². The Labute approximate surface area is 116 Å². The van der Waals surface area contributed by atoms with Crippen LogP contribution >= 0.6 is 11.8 Å². The van der Waals surface area contributed by atoms with Gasteiger partial charge in [0.2, 0.25) is 0 Å². The van der Waals surface area contributed by atoms with Crippen LogP contribution in [0.2, 0.25) is 0 Å². The summed E-state index contributed by atoms with van der Waals surface area (Å²) in [7, 11) is 0. The molecule has 0 bridgehead atoms. The molecule has 1 heterocycles. The molecule has 18 heavy (non-hydrogen) atoms. The molecule has 0 radical (unpaired) electrons. The minimum Gasteiger partial charge on any atom is -0.310 e. The van der Waals surface area contributed by atoms with Crippen molar-refractivity contribution in [1.29, 1.82) is 0 Å². The van der Waals surface area contributed by atoms with E-state index in [4.69, 9.17) is 5.10 Å². The molecule has 0 aliphatic carbocycles. The van der Waals surface area contributed by atoms with Gasteiger partial charge in [-0.1, -0.05) is 20.8 Å². The van der Waals surface area contributed by atoms with E-state index in [2.05, 4.69) is 44.6 Å². The maximum absolute atomic E-state index is 4.70. The molecule has 0 aliphatic rings. The molecule has 1 rings (SSSR count). The Hall–Kier alpha value is -0.480. The van der Waals surface area contributed by atoms with Crippen molar-refractivity contribution in [1.82, 2.24) is 15.1 Å². The third kappa shape index (κ3) is 3.75. The van der Waals surface area contributed by atoms with Crippen LogP contribution in [0.3, 0.4) is 0 Å². The minimum absolute atomic E-state index is 0.447. The zero-order valence-electron chi connectivity index (χ0n) is 12.4. The fraction of sp³-hybridized carbons (Fsp3) is 0.786. The van der Waals surface area contributed by atoms with Crippen LogP contribution in [0.1, 0.15) is 50.2 Å². The standard InChI is InChI=1S/C14H27N3S/c1-6-13(15-7-2)14-11(4)16-17(12(14)5)9-10-18-8-3/h13,15H,6-10H2,1-5H3. The van der Waals surface area contributed by atoms with E-state index in [-0.39, 0.29) is 0 Å². The molecule has 1 aromatic heterocycles. The summed E-state index contributed by atoms with van der Waals surface area (Å²) >= 11 is 1.97. The molecule has 1 unspecified atom stereocenters. The van der Waals surface area contributed by atoms with Gasteiger partial charge in [-0.2, -0.15) is 16.9 Å². The van der Waals surface area contributed by atoms with Gasteiger partial charge in [-0.05, 0) is 32.6 Å². The molecule has 0 amide bonds. The summed E-state index contributed by atoms with van der Waals surface area (Å²) in [6.07, 6.45) is 1.12. The van der Waals surface area contributed by atoms with Gasteiger partial charge < -0.3 is 5.32 Å². The zero-order valence-corrected chi connectivity index (χ0v) is 13.2. The lowest BCUT2D eigenvalue weighted by Crippen LogP contribution is -2.21.